The van der Waals surface area contributed by atoms with E-state index in [2.05, 4.69) is 4.98 Å². The molecule has 0 radical (unpaired) electrons. The largest absolute Gasteiger partial charge is 0.496 e. The molecule has 0 saturated carbocycles. The number of hydrogen-bond acceptors (Lipinski definition) is 6. The molecule has 8 nitrogen and oxygen atoms in total. The van der Waals surface area contributed by atoms with Gasteiger partial charge in [-0.2, -0.15) is 0 Å². The molecule has 1 fully saturated rings. The van der Waals surface area contributed by atoms with Gasteiger partial charge in [-0.05, 0) is 18.2 Å². The lowest BCUT2D eigenvalue weighted by atomic mass is 10.1. The number of primary amides is 1. The highest BCUT2D eigenvalue weighted by atomic mass is 35.5. The Morgan fingerprint density at radius 3 is 2.38 bits per heavy atom. The van der Waals surface area contributed by atoms with Crippen LogP contribution in [0.3, 0.4) is 0 Å². The number of carbonyl (C=O) groups excluding carboxylic acids is 2. The molecule has 3 rings (SSSR count). The fourth-order valence-electron chi connectivity index (χ4n) is 3.04. The maximum atomic E-state index is 12.9. The van der Waals surface area contributed by atoms with E-state index < -0.39 is 5.91 Å². The molecule has 2 amide bonds. The molecule has 2 aromatic rings. The summed E-state index contributed by atoms with van der Waals surface area (Å²) in [6.07, 6.45) is 1.61. The smallest absolute Gasteiger partial charge is 0.257 e. The number of piperazine rings is 1. The molecule has 1 aliphatic heterocycles. The number of aromatic nitrogens is 1. The maximum absolute atomic E-state index is 12.9. The van der Waals surface area contributed by atoms with Gasteiger partial charge in [0.25, 0.3) is 11.8 Å². The van der Waals surface area contributed by atoms with Crippen LogP contribution in [0.15, 0.2) is 30.5 Å². The SMILES string of the molecule is COc1cc(N)c(Cl)cc1C(=O)N1CCN(c2ncccc2C(N)=O)CC1.Cl.Cl. The zero-order valence-corrected chi connectivity index (χ0v) is 18.0. The van der Waals surface area contributed by atoms with E-state index in [0.29, 0.717) is 59.6 Å². The van der Waals surface area contributed by atoms with Gasteiger partial charge in [0.1, 0.15) is 11.6 Å². The molecule has 158 valence electrons. The average Bonchev–Trinajstić information content (AvgIpc) is 2.69. The van der Waals surface area contributed by atoms with Crippen molar-refractivity contribution in [3.8, 4) is 5.75 Å². The number of methoxy groups -OCH3 is 1. The molecule has 0 atom stereocenters. The first-order valence-electron chi connectivity index (χ1n) is 8.34. The number of nitrogens with zero attached hydrogens (tertiary/aromatic N) is 3. The Morgan fingerprint density at radius 2 is 1.79 bits per heavy atom. The molecule has 0 aliphatic carbocycles. The van der Waals surface area contributed by atoms with Crippen LogP contribution in [-0.2, 0) is 0 Å². The van der Waals surface area contributed by atoms with E-state index in [0.717, 1.165) is 0 Å². The molecule has 2 heterocycles. The number of halogens is 3. The van der Waals surface area contributed by atoms with Gasteiger partial charge >= 0.3 is 0 Å². The summed E-state index contributed by atoms with van der Waals surface area (Å²) in [4.78, 5) is 32.4. The lowest BCUT2D eigenvalue weighted by molar-refractivity contribution is 0.0742. The van der Waals surface area contributed by atoms with Crippen molar-refractivity contribution in [1.82, 2.24) is 9.88 Å². The summed E-state index contributed by atoms with van der Waals surface area (Å²) in [7, 11) is 1.48. The first kappa shape index (κ1) is 24.6. The number of benzene rings is 1. The molecule has 4 N–H and O–H groups in total. The maximum Gasteiger partial charge on any atom is 0.257 e. The highest BCUT2D eigenvalue weighted by Crippen LogP contribution is 2.30. The summed E-state index contributed by atoms with van der Waals surface area (Å²) >= 11 is 6.06. The molecule has 1 aromatic carbocycles. The van der Waals surface area contributed by atoms with Crippen LogP contribution in [0.1, 0.15) is 20.7 Å². The third kappa shape index (κ3) is 5.14. The van der Waals surface area contributed by atoms with Crippen molar-refractivity contribution in [2.24, 2.45) is 5.73 Å². The second kappa shape index (κ2) is 10.4. The van der Waals surface area contributed by atoms with Crippen molar-refractivity contribution in [2.75, 3.05) is 43.9 Å². The lowest BCUT2D eigenvalue weighted by Crippen LogP contribution is -2.49. The summed E-state index contributed by atoms with van der Waals surface area (Å²) in [5.74, 6) is 0.192. The minimum Gasteiger partial charge on any atom is -0.496 e. The van der Waals surface area contributed by atoms with Crippen LogP contribution in [0.2, 0.25) is 5.02 Å². The van der Waals surface area contributed by atoms with Gasteiger partial charge in [-0.3, -0.25) is 9.59 Å². The number of nitrogen functional groups attached to an aromatic ring is 1. The monoisotopic (exact) mass is 461 g/mol. The fourth-order valence-corrected chi connectivity index (χ4v) is 3.20. The Balaban J connectivity index is 0.00000210. The number of nitrogens with two attached hydrogens (primary N) is 2. The Morgan fingerprint density at radius 1 is 1.14 bits per heavy atom. The molecule has 11 heteroatoms. The van der Waals surface area contributed by atoms with Gasteiger partial charge < -0.3 is 26.0 Å². The third-order valence-electron chi connectivity index (χ3n) is 4.47. The highest BCUT2D eigenvalue weighted by Gasteiger charge is 2.27. The van der Waals surface area contributed by atoms with Crippen molar-refractivity contribution >= 4 is 59.7 Å². The minimum absolute atomic E-state index is 0. The summed E-state index contributed by atoms with van der Waals surface area (Å²) in [6, 6.07) is 6.37. The van der Waals surface area contributed by atoms with Gasteiger partial charge in [0, 0.05) is 38.4 Å². The average molecular weight is 463 g/mol. The summed E-state index contributed by atoms with van der Waals surface area (Å²) in [6.45, 7) is 1.96. The van der Waals surface area contributed by atoms with Crippen molar-refractivity contribution in [3.63, 3.8) is 0 Å². The quantitative estimate of drug-likeness (QED) is 0.673. The number of hydrogen-bond donors (Lipinski definition) is 2. The van der Waals surface area contributed by atoms with Gasteiger partial charge in [-0.25, -0.2) is 4.98 Å². The lowest BCUT2D eigenvalue weighted by Gasteiger charge is -2.36. The van der Waals surface area contributed by atoms with E-state index in [1.54, 1.807) is 29.3 Å². The predicted octanol–water partition coefficient (Wildman–Crippen LogP) is 2.23. The fraction of sp³-hybridized carbons (Fsp3) is 0.278. The van der Waals surface area contributed by atoms with E-state index in [1.165, 1.54) is 13.2 Å². The van der Waals surface area contributed by atoms with E-state index in [-0.39, 0.29) is 30.7 Å². The molecule has 0 spiro atoms. The molecular formula is C18H22Cl3N5O3. The summed E-state index contributed by atoms with van der Waals surface area (Å²) in [5, 5.41) is 0.303. The first-order valence-corrected chi connectivity index (χ1v) is 8.72. The predicted molar refractivity (Wildman–Crippen MR) is 118 cm³/mol. The molecule has 0 bridgehead atoms. The van der Waals surface area contributed by atoms with Crippen LogP contribution in [0.4, 0.5) is 11.5 Å². The van der Waals surface area contributed by atoms with E-state index in [9.17, 15) is 9.59 Å². The second-order valence-corrected chi connectivity index (χ2v) is 6.50. The Hall–Kier alpha value is -2.42. The van der Waals surface area contributed by atoms with Crippen molar-refractivity contribution in [3.05, 3.63) is 46.6 Å². The van der Waals surface area contributed by atoms with Crippen LogP contribution >= 0.6 is 36.4 Å². The Bertz CT molecular complexity index is 889. The Kier molecular flexibility index (Phi) is 8.81. The zero-order valence-electron chi connectivity index (χ0n) is 15.6. The van der Waals surface area contributed by atoms with Crippen LogP contribution in [0.5, 0.6) is 5.75 Å². The zero-order chi connectivity index (χ0) is 19.6. The molecule has 1 saturated heterocycles. The van der Waals surface area contributed by atoms with Gasteiger partial charge in [-0.15, -0.1) is 24.8 Å². The van der Waals surface area contributed by atoms with Crippen molar-refractivity contribution < 1.29 is 14.3 Å². The van der Waals surface area contributed by atoms with E-state index in [4.69, 9.17) is 27.8 Å². The van der Waals surface area contributed by atoms with Crippen LogP contribution < -0.4 is 21.1 Å². The molecule has 0 unspecified atom stereocenters. The van der Waals surface area contributed by atoms with Gasteiger partial charge in [0.15, 0.2) is 0 Å². The van der Waals surface area contributed by atoms with Gasteiger partial charge in [-0.1, -0.05) is 11.6 Å². The van der Waals surface area contributed by atoms with Crippen LogP contribution in [0, 0.1) is 0 Å². The second-order valence-electron chi connectivity index (χ2n) is 6.09. The van der Waals surface area contributed by atoms with Gasteiger partial charge in [0.2, 0.25) is 0 Å². The number of rotatable bonds is 4. The number of carbonyl (C=O) groups is 2. The number of ether oxygens (including phenoxy) is 1. The summed E-state index contributed by atoms with van der Waals surface area (Å²) < 4.78 is 5.27. The molecule has 1 aromatic heterocycles. The number of anilines is 2. The molecule has 29 heavy (non-hydrogen) atoms. The van der Waals surface area contributed by atoms with Gasteiger partial charge in [0.05, 0.1) is 28.9 Å². The number of amides is 2. The van der Waals surface area contributed by atoms with Crippen LogP contribution in [-0.4, -0.2) is 55.0 Å². The van der Waals surface area contributed by atoms with Crippen LogP contribution in [0.25, 0.3) is 0 Å². The van der Waals surface area contributed by atoms with Crippen molar-refractivity contribution in [2.45, 2.75) is 0 Å². The topological polar surface area (TPSA) is 115 Å². The van der Waals surface area contributed by atoms with E-state index >= 15 is 0 Å². The standard InChI is InChI=1S/C18H20ClN5O3.2ClH/c1-27-15-10-14(20)13(19)9-12(15)18(26)24-7-5-23(6-8-24)17-11(16(21)25)3-2-4-22-17;;/h2-4,9-10H,5-8,20H2,1H3,(H2,21,25);2*1H. The normalized spacial score (nSPS) is 13.2. The highest BCUT2D eigenvalue weighted by molar-refractivity contribution is 6.33. The van der Waals surface area contributed by atoms with E-state index in [1.807, 2.05) is 4.90 Å². The first-order chi connectivity index (χ1) is 12.9. The summed E-state index contributed by atoms with van der Waals surface area (Å²) in [5.41, 5.74) is 12.3. The third-order valence-corrected chi connectivity index (χ3v) is 4.80. The minimum atomic E-state index is -0.530. The Labute approximate surface area is 186 Å². The molecular weight excluding hydrogens is 441 g/mol. The van der Waals surface area contributed by atoms with Crippen molar-refractivity contribution in [1.29, 1.82) is 0 Å². The molecule has 1 aliphatic rings. The number of pyridine rings is 1.